The Kier molecular flexibility index (Phi) is 3.65. The Labute approximate surface area is 152 Å². The number of aromatic nitrogens is 2. The fraction of sp³-hybridized carbons (Fsp3) is 0.227. The lowest BCUT2D eigenvalue weighted by atomic mass is 10.1. The molecule has 0 saturated carbocycles. The van der Waals surface area contributed by atoms with Crippen molar-refractivity contribution in [1.29, 1.82) is 0 Å². The summed E-state index contributed by atoms with van der Waals surface area (Å²) < 4.78 is 9.93. The van der Waals surface area contributed by atoms with Crippen LogP contribution in [0.15, 0.2) is 42.6 Å². The zero-order valence-electron chi connectivity index (χ0n) is 15.8. The average molecular weight is 346 g/mol. The van der Waals surface area contributed by atoms with Gasteiger partial charge in [0.2, 0.25) is 0 Å². The monoisotopic (exact) mass is 346 g/mol. The van der Waals surface area contributed by atoms with Gasteiger partial charge in [0.1, 0.15) is 0 Å². The summed E-state index contributed by atoms with van der Waals surface area (Å²) in [6, 6.07) is 12.6. The molecule has 4 heteroatoms. The van der Waals surface area contributed by atoms with Gasteiger partial charge in [-0.05, 0) is 43.2 Å². The number of carbonyl (C=O) groups is 1. The highest BCUT2D eigenvalue weighted by Crippen LogP contribution is 2.43. The Morgan fingerprint density at radius 2 is 1.54 bits per heavy atom. The molecule has 0 atom stereocenters. The SMILES string of the molecule is CC(=O)Oc1c(-c2cn(C)c3cc(C)ccc23)n(C)c2cc(C)ccc12. The Bertz CT molecular complexity index is 1180. The molecule has 0 bridgehead atoms. The molecule has 0 spiro atoms. The van der Waals surface area contributed by atoms with E-state index < -0.39 is 0 Å². The first-order valence-electron chi connectivity index (χ1n) is 8.70. The van der Waals surface area contributed by atoms with Gasteiger partial charge in [-0.25, -0.2) is 0 Å². The van der Waals surface area contributed by atoms with Crippen LogP contribution in [0.4, 0.5) is 0 Å². The third-order valence-electron chi connectivity index (χ3n) is 4.96. The Hall–Kier alpha value is -3.01. The summed E-state index contributed by atoms with van der Waals surface area (Å²) in [5.74, 6) is 0.318. The average Bonchev–Trinajstić information content (AvgIpc) is 3.02. The van der Waals surface area contributed by atoms with Gasteiger partial charge in [-0.15, -0.1) is 0 Å². The first kappa shape index (κ1) is 16.5. The highest BCUT2D eigenvalue weighted by molar-refractivity contribution is 6.04. The van der Waals surface area contributed by atoms with E-state index in [1.165, 1.54) is 18.1 Å². The summed E-state index contributed by atoms with van der Waals surface area (Å²) in [6.45, 7) is 5.61. The van der Waals surface area contributed by atoms with Crippen molar-refractivity contribution >= 4 is 27.8 Å². The predicted molar refractivity (Wildman–Crippen MR) is 106 cm³/mol. The van der Waals surface area contributed by atoms with Crippen molar-refractivity contribution in [2.45, 2.75) is 20.8 Å². The molecule has 2 aromatic heterocycles. The maximum absolute atomic E-state index is 11.8. The zero-order chi connectivity index (χ0) is 18.6. The van der Waals surface area contributed by atoms with Gasteiger partial charge >= 0.3 is 5.97 Å². The van der Waals surface area contributed by atoms with Gasteiger partial charge in [0.05, 0.1) is 11.2 Å². The Balaban J connectivity index is 2.11. The summed E-state index contributed by atoms with van der Waals surface area (Å²) >= 11 is 0. The van der Waals surface area contributed by atoms with Crippen molar-refractivity contribution < 1.29 is 9.53 Å². The number of fused-ring (bicyclic) bond motifs is 2. The number of hydrogen-bond acceptors (Lipinski definition) is 2. The van der Waals surface area contributed by atoms with E-state index in [9.17, 15) is 4.79 Å². The molecule has 0 N–H and O–H groups in total. The molecular weight excluding hydrogens is 324 g/mol. The highest BCUT2D eigenvalue weighted by atomic mass is 16.5. The fourth-order valence-corrected chi connectivity index (χ4v) is 3.74. The zero-order valence-corrected chi connectivity index (χ0v) is 15.8. The number of esters is 1. The molecule has 0 aliphatic heterocycles. The van der Waals surface area contributed by atoms with Crippen LogP contribution in [0, 0.1) is 13.8 Å². The quantitative estimate of drug-likeness (QED) is 0.485. The van der Waals surface area contributed by atoms with Crippen molar-refractivity contribution in [3.05, 3.63) is 53.7 Å². The summed E-state index contributed by atoms with van der Waals surface area (Å²) in [5.41, 5.74) is 6.60. The number of rotatable bonds is 2. The predicted octanol–water partition coefficient (Wildman–Crippen LogP) is 4.88. The number of hydrogen-bond donors (Lipinski definition) is 0. The number of carbonyl (C=O) groups excluding carboxylic acids is 1. The molecule has 0 unspecified atom stereocenters. The molecule has 0 saturated heterocycles. The lowest BCUT2D eigenvalue weighted by Gasteiger charge is -2.07. The lowest BCUT2D eigenvalue weighted by Crippen LogP contribution is -2.02. The number of benzene rings is 2. The summed E-state index contributed by atoms with van der Waals surface area (Å²) in [4.78, 5) is 11.8. The van der Waals surface area contributed by atoms with E-state index in [-0.39, 0.29) is 5.97 Å². The van der Waals surface area contributed by atoms with Gasteiger partial charge in [0.15, 0.2) is 5.75 Å². The number of ether oxygens (including phenoxy) is 1. The summed E-state index contributed by atoms with van der Waals surface area (Å²) in [7, 11) is 4.07. The number of nitrogens with zero attached hydrogens (tertiary/aromatic N) is 2. The minimum absolute atomic E-state index is 0.310. The molecule has 0 amide bonds. The van der Waals surface area contributed by atoms with Crippen molar-refractivity contribution in [1.82, 2.24) is 9.13 Å². The van der Waals surface area contributed by atoms with Crippen molar-refractivity contribution in [3.8, 4) is 17.0 Å². The van der Waals surface area contributed by atoms with Gasteiger partial charge in [0.25, 0.3) is 0 Å². The third-order valence-corrected chi connectivity index (χ3v) is 4.96. The standard InChI is InChI=1S/C22H22N2O2/c1-13-6-8-16-18(12-23(4)19(16)10-13)21-22(26-15(3)25)17-9-7-14(2)11-20(17)24(21)5/h6-12H,1-5H3. The van der Waals surface area contributed by atoms with Crippen LogP contribution in [0.3, 0.4) is 0 Å². The molecule has 0 aliphatic rings. The Morgan fingerprint density at radius 3 is 2.19 bits per heavy atom. The van der Waals surface area contributed by atoms with E-state index >= 15 is 0 Å². The molecule has 2 aromatic carbocycles. The Morgan fingerprint density at radius 1 is 0.923 bits per heavy atom. The normalized spacial score (nSPS) is 11.4. The van der Waals surface area contributed by atoms with Crippen LogP contribution in [0.5, 0.6) is 5.75 Å². The van der Waals surface area contributed by atoms with Crippen LogP contribution in [0.1, 0.15) is 18.1 Å². The first-order chi connectivity index (χ1) is 12.4. The second kappa shape index (κ2) is 5.77. The maximum atomic E-state index is 11.8. The van der Waals surface area contributed by atoms with Crippen LogP contribution in [-0.4, -0.2) is 15.1 Å². The van der Waals surface area contributed by atoms with Gasteiger partial charge in [-0.2, -0.15) is 0 Å². The van der Waals surface area contributed by atoms with Crippen molar-refractivity contribution in [2.75, 3.05) is 0 Å². The maximum Gasteiger partial charge on any atom is 0.308 e. The second-order valence-electron chi connectivity index (χ2n) is 7.03. The minimum atomic E-state index is -0.310. The van der Waals surface area contributed by atoms with Crippen LogP contribution >= 0.6 is 0 Å². The molecule has 0 radical (unpaired) electrons. The van der Waals surface area contributed by atoms with E-state index in [4.69, 9.17) is 4.74 Å². The lowest BCUT2D eigenvalue weighted by molar-refractivity contribution is -0.131. The smallest absolute Gasteiger partial charge is 0.308 e. The van der Waals surface area contributed by atoms with Crippen LogP contribution in [0.2, 0.25) is 0 Å². The van der Waals surface area contributed by atoms with E-state index in [2.05, 4.69) is 53.4 Å². The van der Waals surface area contributed by atoms with Gasteiger partial charge in [-0.1, -0.05) is 18.2 Å². The molecule has 4 rings (SSSR count). The van der Waals surface area contributed by atoms with E-state index in [1.54, 1.807) is 0 Å². The minimum Gasteiger partial charge on any atom is -0.424 e. The van der Waals surface area contributed by atoms with Crippen molar-refractivity contribution in [2.24, 2.45) is 14.1 Å². The third kappa shape index (κ3) is 2.41. The van der Waals surface area contributed by atoms with Crippen LogP contribution < -0.4 is 4.74 Å². The van der Waals surface area contributed by atoms with E-state index in [0.29, 0.717) is 5.75 Å². The summed E-state index contributed by atoms with van der Waals surface area (Å²) in [5, 5.41) is 2.10. The van der Waals surface area contributed by atoms with Gasteiger partial charge in [0, 0.05) is 49.1 Å². The second-order valence-corrected chi connectivity index (χ2v) is 7.03. The molecule has 132 valence electrons. The molecule has 26 heavy (non-hydrogen) atoms. The highest BCUT2D eigenvalue weighted by Gasteiger charge is 2.22. The van der Waals surface area contributed by atoms with E-state index in [0.717, 1.165) is 33.1 Å². The van der Waals surface area contributed by atoms with Gasteiger partial charge < -0.3 is 13.9 Å². The van der Waals surface area contributed by atoms with E-state index in [1.807, 2.05) is 26.2 Å². The molecule has 4 nitrogen and oxygen atoms in total. The molecular formula is C22H22N2O2. The fourth-order valence-electron chi connectivity index (χ4n) is 3.74. The summed E-state index contributed by atoms with van der Waals surface area (Å²) in [6.07, 6.45) is 2.11. The van der Waals surface area contributed by atoms with Crippen LogP contribution in [-0.2, 0) is 18.9 Å². The number of aryl methyl sites for hydroxylation is 4. The topological polar surface area (TPSA) is 36.2 Å². The largest absolute Gasteiger partial charge is 0.424 e. The molecule has 0 aliphatic carbocycles. The molecule has 2 heterocycles. The first-order valence-corrected chi connectivity index (χ1v) is 8.70. The van der Waals surface area contributed by atoms with Crippen LogP contribution in [0.25, 0.3) is 33.1 Å². The van der Waals surface area contributed by atoms with Crippen molar-refractivity contribution in [3.63, 3.8) is 0 Å². The van der Waals surface area contributed by atoms with Gasteiger partial charge in [-0.3, -0.25) is 4.79 Å². The molecule has 4 aromatic rings. The molecule has 0 fully saturated rings.